The van der Waals surface area contributed by atoms with E-state index in [1.165, 1.54) is 5.56 Å². The molecule has 1 aliphatic rings. The third-order valence-corrected chi connectivity index (χ3v) is 4.94. The minimum Gasteiger partial charge on any atom is -0.496 e. The van der Waals surface area contributed by atoms with Crippen molar-refractivity contribution in [1.82, 2.24) is 15.1 Å². The van der Waals surface area contributed by atoms with Gasteiger partial charge in [-0.15, -0.1) is 0 Å². The Labute approximate surface area is 136 Å². The Balaban J connectivity index is 1.92. The average molecular weight is 356 g/mol. The van der Waals surface area contributed by atoms with E-state index < -0.39 is 0 Å². The second-order valence-electron chi connectivity index (χ2n) is 5.92. The van der Waals surface area contributed by atoms with Gasteiger partial charge in [-0.25, -0.2) is 0 Å². The number of piperazine rings is 1. The van der Waals surface area contributed by atoms with E-state index in [9.17, 15) is 0 Å². The zero-order chi connectivity index (χ0) is 15.4. The zero-order valence-electron chi connectivity index (χ0n) is 13.4. The molecule has 0 bridgehead atoms. The van der Waals surface area contributed by atoms with Crippen LogP contribution in [-0.2, 0) is 0 Å². The van der Waals surface area contributed by atoms with Gasteiger partial charge in [0.2, 0.25) is 0 Å². The molecule has 21 heavy (non-hydrogen) atoms. The highest BCUT2D eigenvalue weighted by molar-refractivity contribution is 9.10. The smallest absolute Gasteiger partial charge is 0.133 e. The summed E-state index contributed by atoms with van der Waals surface area (Å²) in [6.07, 6.45) is 0. The minimum absolute atomic E-state index is 0.327. The Morgan fingerprint density at radius 2 is 2.14 bits per heavy atom. The van der Waals surface area contributed by atoms with E-state index in [0.29, 0.717) is 12.1 Å². The predicted octanol–water partition coefficient (Wildman–Crippen LogP) is 2.35. The fourth-order valence-corrected chi connectivity index (χ4v) is 3.26. The van der Waals surface area contributed by atoms with Crippen molar-refractivity contribution < 1.29 is 4.74 Å². The van der Waals surface area contributed by atoms with E-state index in [-0.39, 0.29) is 0 Å². The number of hydrogen-bond donors (Lipinski definition) is 1. The lowest BCUT2D eigenvalue weighted by Gasteiger charge is -2.38. The highest BCUT2D eigenvalue weighted by Gasteiger charge is 2.22. The lowest BCUT2D eigenvalue weighted by Crippen LogP contribution is -2.53. The van der Waals surface area contributed by atoms with Crippen molar-refractivity contribution in [2.75, 3.05) is 47.4 Å². The Bertz CT molecular complexity index is 469. The van der Waals surface area contributed by atoms with Gasteiger partial charge in [-0.3, -0.25) is 4.90 Å². The van der Waals surface area contributed by atoms with Gasteiger partial charge in [0, 0.05) is 38.3 Å². The molecular formula is C16H26BrN3O. The van der Waals surface area contributed by atoms with Crippen molar-refractivity contribution in [3.63, 3.8) is 0 Å². The van der Waals surface area contributed by atoms with Crippen LogP contribution in [0.1, 0.15) is 18.5 Å². The number of ether oxygens (including phenoxy) is 1. The molecule has 0 spiro atoms. The van der Waals surface area contributed by atoms with E-state index in [1.54, 1.807) is 7.11 Å². The van der Waals surface area contributed by atoms with Crippen LogP contribution in [0.15, 0.2) is 22.7 Å². The van der Waals surface area contributed by atoms with Crippen LogP contribution < -0.4 is 10.1 Å². The molecule has 0 saturated carbocycles. The van der Waals surface area contributed by atoms with E-state index in [2.05, 4.69) is 64.2 Å². The Kier molecular flexibility index (Phi) is 6.05. The molecule has 2 atom stereocenters. The molecular weight excluding hydrogens is 330 g/mol. The van der Waals surface area contributed by atoms with Crippen molar-refractivity contribution in [3.8, 4) is 5.75 Å². The number of methoxy groups -OCH3 is 1. The predicted molar refractivity (Wildman–Crippen MR) is 91.0 cm³/mol. The summed E-state index contributed by atoms with van der Waals surface area (Å²) in [5.74, 6) is 0.875. The molecule has 0 aromatic heterocycles. The third kappa shape index (κ3) is 4.42. The van der Waals surface area contributed by atoms with Gasteiger partial charge in [-0.2, -0.15) is 0 Å². The van der Waals surface area contributed by atoms with Gasteiger partial charge in [0.25, 0.3) is 0 Å². The second-order valence-corrected chi connectivity index (χ2v) is 6.77. The molecule has 1 heterocycles. The molecule has 1 saturated heterocycles. The average Bonchev–Trinajstić information content (AvgIpc) is 2.47. The third-order valence-electron chi connectivity index (χ3n) is 4.32. The lowest BCUT2D eigenvalue weighted by molar-refractivity contribution is 0.112. The van der Waals surface area contributed by atoms with Crippen LogP contribution in [0.2, 0.25) is 0 Å². The van der Waals surface area contributed by atoms with Crippen LogP contribution in [0.25, 0.3) is 0 Å². The van der Waals surface area contributed by atoms with Crippen molar-refractivity contribution in [1.29, 1.82) is 0 Å². The number of hydrogen-bond acceptors (Lipinski definition) is 4. The van der Waals surface area contributed by atoms with Crippen LogP contribution in [0.4, 0.5) is 0 Å². The van der Waals surface area contributed by atoms with E-state index in [4.69, 9.17) is 4.74 Å². The van der Waals surface area contributed by atoms with Crippen LogP contribution in [-0.4, -0.2) is 63.2 Å². The highest BCUT2D eigenvalue weighted by atomic mass is 79.9. The summed E-state index contributed by atoms with van der Waals surface area (Å²) in [6.45, 7) is 6.65. The quantitative estimate of drug-likeness (QED) is 0.877. The minimum atomic E-state index is 0.327. The maximum atomic E-state index is 5.28. The van der Waals surface area contributed by atoms with Gasteiger partial charge in [-0.05, 0) is 54.6 Å². The van der Waals surface area contributed by atoms with E-state index >= 15 is 0 Å². The molecule has 1 N–H and O–H groups in total. The fourth-order valence-electron chi connectivity index (χ4n) is 2.70. The normalized spacial score (nSPS) is 22.2. The molecule has 2 unspecified atom stereocenters. The fraction of sp³-hybridized carbons (Fsp3) is 0.625. The first-order chi connectivity index (χ1) is 10.0. The maximum absolute atomic E-state index is 5.28. The summed E-state index contributed by atoms with van der Waals surface area (Å²) in [6, 6.07) is 7.17. The van der Waals surface area contributed by atoms with Crippen molar-refractivity contribution in [3.05, 3.63) is 28.2 Å². The second kappa shape index (κ2) is 7.58. The molecule has 1 aliphatic heterocycles. The van der Waals surface area contributed by atoms with Crippen LogP contribution >= 0.6 is 15.9 Å². The summed E-state index contributed by atoms with van der Waals surface area (Å²) < 4.78 is 6.29. The SMILES string of the molecule is COc1ccc(C(C)NCC2CN(C)CCN2C)cc1Br. The molecule has 2 rings (SSSR count). The molecule has 0 aliphatic carbocycles. The van der Waals surface area contributed by atoms with Gasteiger partial charge < -0.3 is 15.0 Å². The Morgan fingerprint density at radius 3 is 2.81 bits per heavy atom. The summed E-state index contributed by atoms with van der Waals surface area (Å²) >= 11 is 3.55. The highest BCUT2D eigenvalue weighted by Crippen LogP contribution is 2.28. The molecule has 1 fully saturated rings. The lowest BCUT2D eigenvalue weighted by atomic mass is 10.1. The monoisotopic (exact) mass is 355 g/mol. The number of benzene rings is 1. The van der Waals surface area contributed by atoms with Gasteiger partial charge in [-0.1, -0.05) is 6.07 Å². The largest absolute Gasteiger partial charge is 0.496 e. The van der Waals surface area contributed by atoms with Gasteiger partial charge >= 0.3 is 0 Å². The molecule has 118 valence electrons. The first-order valence-corrected chi connectivity index (χ1v) is 8.26. The number of nitrogens with one attached hydrogen (secondary N) is 1. The first-order valence-electron chi connectivity index (χ1n) is 7.47. The summed E-state index contributed by atoms with van der Waals surface area (Å²) in [5.41, 5.74) is 1.27. The molecule has 4 nitrogen and oxygen atoms in total. The summed E-state index contributed by atoms with van der Waals surface area (Å²) in [4.78, 5) is 4.85. The van der Waals surface area contributed by atoms with E-state index in [1.807, 2.05) is 6.07 Å². The van der Waals surface area contributed by atoms with Gasteiger partial charge in [0.1, 0.15) is 5.75 Å². The molecule has 0 radical (unpaired) electrons. The summed E-state index contributed by atoms with van der Waals surface area (Å²) in [5, 5.41) is 3.65. The maximum Gasteiger partial charge on any atom is 0.133 e. The van der Waals surface area contributed by atoms with Gasteiger partial charge in [0.05, 0.1) is 11.6 Å². The number of rotatable bonds is 5. The van der Waals surface area contributed by atoms with Gasteiger partial charge in [0.15, 0.2) is 0 Å². The Hall–Kier alpha value is -0.620. The molecule has 0 amide bonds. The van der Waals surface area contributed by atoms with Crippen molar-refractivity contribution >= 4 is 15.9 Å². The van der Waals surface area contributed by atoms with E-state index in [0.717, 1.165) is 36.4 Å². The van der Waals surface area contributed by atoms with Crippen molar-refractivity contribution in [2.24, 2.45) is 0 Å². The standard InChI is InChI=1S/C16H26BrN3O/c1-12(13-5-6-16(21-4)15(17)9-13)18-10-14-11-19(2)7-8-20(14)3/h5-6,9,12,14,18H,7-8,10-11H2,1-4H3. The van der Waals surface area contributed by atoms with Crippen molar-refractivity contribution in [2.45, 2.75) is 19.0 Å². The van der Waals surface area contributed by atoms with Crippen LogP contribution in [0, 0.1) is 0 Å². The molecule has 5 heteroatoms. The number of halogens is 1. The first kappa shape index (κ1) is 16.7. The molecule has 1 aromatic rings. The van der Waals surface area contributed by atoms with Crippen LogP contribution in [0.3, 0.4) is 0 Å². The molecule has 1 aromatic carbocycles. The topological polar surface area (TPSA) is 27.7 Å². The van der Waals surface area contributed by atoms with Crippen LogP contribution in [0.5, 0.6) is 5.75 Å². The Morgan fingerprint density at radius 1 is 1.38 bits per heavy atom. The number of likely N-dealkylation sites (N-methyl/N-ethyl adjacent to an activating group) is 2. The number of nitrogens with zero attached hydrogens (tertiary/aromatic N) is 2. The zero-order valence-corrected chi connectivity index (χ0v) is 15.0. The summed E-state index contributed by atoms with van der Waals surface area (Å²) in [7, 11) is 6.11.